The van der Waals surface area contributed by atoms with Crippen LogP contribution in [0.25, 0.3) is 0 Å². The van der Waals surface area contributed by atoms with E-state index in [9.17, 15) is 0 Å². The van der Waals surface area contributed by atoms with E-state index in [1.807, 2.05) is 0 Å². The second-order valence-corrected chi connectivity index (χ2v) is 3.87. The molecular formula is C10H15N3O. The van der Waals surface area contributed by atoms with Gasteiger partial charge in [0.2, 0.25) is 0 Å². The topological polar surface area (TPSA) is 48.3 Å². The van der Waals surface area contributed by atoms with Crippen molar-refractivity contribution in [3.05, 3.63) is 11.3 Å². The molecule has 0 spiro atoms. The normalized spacial score (nSPS) is 33.7. The molecule has 3 aliphatic rings. The molecule has 3 saturated heterocycles. The van der Waals surface area contributed by atoms with Gasteiger partial charge in [0, 0.05) is 6.54 Å². The van der Waals surface area contributed by atoms with Gasteiger partial charge in [0.25, 0.3) is 0 Å². The zero-order valence-electron chi connectivity index (χ0n) is 8.42. The highest BCUT2D eigenvalue weighted by Gasteiger charge is 2.31. The summed E-state index contributed by atoms with van der Waals surface area (Å²) in [7, 11) is 1.54. The summed E-state index contributed by atoms with van der Waals surface area (Å²) in [5.74, 6) is 0.595. The summed E-state index contributed by atoms with van der Waals surface area (Å²) in [4.78, 5) is 7.20. The van der Waals surface area contributed by atoms with E-state index >= 15 is 0 Å². The van der Waals surface area contributed by atoms with Gasteiger partial charge in [-0.1, -0.05) is 0 Å². The van der Waals surface area contributed by atoms with Crippen LogP contribution < -0.4 is 5.48 Å². The number of nitriles is 1. The van der Waals surface area contributed by atoms with Gasteiger partial charge in [0.15, 0.2) is 0 Å². The molecule has 4 nitrogen and oxygen atoms in total. The number of nitrogens with one attached hydrogen (secondary N) is 1. The van der Waals surface area contributed by atoms with Crippen molar-refractivity contribution in [1.82, 2.24) is 10.4 Å². The van der Waals surface area contributed by atoms with Crippen LogP contribution in [0.15, 0.2) is 11.3 Å². The lowest BCUT2D eigenvalue weighted by Crippen LogP contribution is -2.44. The van der Waals surface area contributed by atoms with Crippen molar-refractivity contribution in [2.24, 2.45) is 5.92 Å². The van der Waals surface area contributed by atoms with Crippen LogP contribution in [0.3, 0.4) is 0 Å². The SMILES string of the molecule is CONC(C#N)=C1CN2CCC1CC2. The van der Waals surface area contributed by atoms with Gasteiger partial charge in [0.1, 0.15) is 11.8 Å². The van der Waals surface area contributed by atoms with Gasteiger partial charge >= 0.3 is 0 Å². The predicted molar refractivity (Wildman–Crippen MR) is 51.9 cm³/mol. The molecule has 0 aromatic rings. The number of nitrogens with zero attached hydrogens (tertiary/aromatic N) is 2. The molecule has 3 fully saturated rings. The van der Waals surface area contributed by atoms with E-state index < -0.39 is 0 Å². The lowest BCUT2D eigenvalue weighted by Gasteiger charge is -2.41. The Bertz CT molecular complexity index is 284. The molecule has 0 radical (unpaired) electrons. The summed E-state index contributed by atoms with van der Waals surface area (Å²) in [6.07, 6.45) is 2.37. The minimum absolute atomic E-state index is 0.595. The predicted octanol–water partition coefficient (Wildman–Crippen LogP) is 0.641. The molecule has 14 heavy (non-hydrogen) atoms. The Morgan fingerprint density at radius 2 is 2.29 bits per heavy atom. The first-order valence-corrected chi connectivity index (χ1v) is 4.99. The quantitative estimate of drug-likeness (QED) is 0.516. The first-order chi connectivity index (χ1) is 6.85. The summed E-state index contributed by atoms with van der Waals surface area (Å²) in [6.45, 7) is 3.30. The number of fused-ring (bicyclic) bond motifs is 3. The fraction of sp³-hybridized carbons (Fsp3) is 0.700. The zero-order chi connectivity index (χ0) is 9.97. The van der Waals surface area contributed by atoms with Crippen molar-refractivity contribution in [1.29, 1.82) is 5.26 Å². The van der Waals surface area contributed by atoms with E-state index in [2.05, 4.69) is 16.4 Å². The average molecular weight is 193 g/mol. The first kappa shape index (κ1) is 9.50. The Hall–Kier alpha value is -1.05. The Morgan fingerprint density at radius 3 is 2.71 bits per heavy atom. The Morgan fingerprint density at radius 1 is 1.57 bits per heavy atom. The second kappa shape index (κ2) is 3.99. The molecular weight excluding hydrogens is 178 g/mol. The van der Waals surface area contributed by atoms with Gasteiger partial charge in [-0.05, 0) is 37.4 Å². The molecule has 0 atom stereocenters. The summed E-state index contributed by atoms with van der Waals surface area (Å²) < 4.78 is 0. The smallest absolute Gasteiger partial charge is 0.138 e. The number of hydroxylamine groups is 1. The summed E-state index contributed by atoms with van der Waals surface area (Å²) in [5, 5.41) is 8.97. The zero-order valence-corrected chi connectivity index (χ0v) is 8.42. The van der Waals surface area contributed by atoms with Crippen LogP contribution >= 0.6 is 0 Å². The minimum atomic E-state index is 0.595. The summed E-state index contributed by atoms with van der Waals surface area (Å²) >= 11 is 0. The number of piperidine rings is 3. The van der Waals surface area contributed by atoms with Crippen LogP contribution in [0.2, 0.25) is 0 Å². The first-order valence-electron chi connectivity index (χ1n) is 4.99. The fourth-order valence-corrected chi connectivity index (χ4v) is 2.35. The maximum absolute atomic E-state index is 8.97. The lowest BCUT2D eigenvalue weighted by atomic mass is 9.83. The molecule has 3 heterocycles. The molecule has 0 aromatic carbocycles. The third kappa shape index (κ3) is 1.61. The summed E-state index contributed by atoms with van der Waals surface area (Å²) in [5.41, 5.74) is 4.52. The number of allylic oxidation sites excluding steroid dienone is 1. The highest BCUT2D eigenvalue weighted by molar-refractivity contribution is 5.30. The number of rotatable bonds is 2. The van der Waals surface area contributed by atoms with Crippen LogP contribution in [0.4, 0.5) is 0 Å². The Labute approximate surface area is 84.1 Å². The van der Waals surface area contributed by atoms with Crippen molar-refractivity contribution in [3.63, 3.8) is 0 Å². The van der Waals surface area contributed by atoms with Crippen molar-refractivity contribution >= 4 is 0 Å². The highest BCUT2D eigenvalue weighted by atomic mass is 16.6. The van der Waals surface area contributed by atoms with Crippen LogP contribution in [0.5, 0.6) is 0 Å². The Kier molecular flexibility index (Phi) is 2.71. The lowest BCUT2D eigenvalue weighted by molar-refractivity contribution is 0.112. The molecule has 4 heteroatoms. The van der Waals surface area contributed by atoms with E-state index in [0.29, 0.717) is 11.6 Å². The number of hydrogen-bond acceptors (Lipinski definition) is 4. The van der Waals surface area contributed by atoms with Crippen molar-refractivity contribution in [2.75, 3.05) is 26.7 Å². The van der Waals surface area contributed by atoms with Gasteiger partial charge in [-0.2, -0.15) is 5.26 Å². The van der Waals surface area contributed by atoms with E-state index in [1.165, 1.54) is 31.5 Å². The highest BCUT2D eigenvalue weighted by Crippen LogP contribution is 2.32. The van der Waals surface area contributed by atoms with E-state index in [0.717, 1.165) is 6.54 Å². The Balaban J connectivity index is 2.20. The number of hydrogen-bond donors (Lipinski definition) is 1. The van der Waals surface area contributed by atoms with Crippen molar-refractivity contribution in [2.45, 2.75) is 12.8 Å². The third-order valence-corrected chi connectivity index (χ3v) is 3.11. The van der Waals surface area contributed by atoms with E-state index in [-0.39, 0.29) is 0 Å². The van der Waals surface area contributed by atoms with Crippen LogP contribution in [-0.4, -0.2) is 31.6 Å². The minimum Gasteiger partial charge on any atom is -0.299 e. The third-order valence-electron chi connectivity index (χ3n) is 3.11. The molecule has 3 aliphatic heterocycles. The molecule has 76 valence electrons. The van der Waals surface area contributed by atoms with Crippen LogP contribution in [0, 0.1) is 17.2 Å². The van der Waals surface area contributed by atoms with Gasteiger partial charge in [-0.3, -0.25) is 15.2 Å². The molecule has 0 aliphatic carbocycles. The van der Waals surface area contributed by atoms with Gasteiger partial charge in [-0.15, -0.1) is 0 Å². The maximum atomic E-state index is 8.97. The second-order valence-electron chi connectivity index (χ2n) is 3.87. The molecule has 0 aromatic heterocycles. The molecule has 2 bridgehead atoms. The van der Waals surface area contributed by atoms with Gasteiger partial charge < -0.3 is 0 Å². The van der Waals surface area contributed by atoms with E-state index in [1.54, 1.807) is 7.11 Å². The monoisotopic (exact) mass is 193 g/mol. The molecule has 0 unspecified atom stereocenters. The molecule has 3 rings (SSSR count). The average Bonchev–Trinajstić information content (AvgIpc) is 2.27. The largest absolute Gasteiger partial charge is 0.299 e. The van der Waals surface area contributed by atoms with Crippen molar-refractivity contribution in [3.8, 4) is 6.07 Å². The van der Waals surface area contributed by atoms with Crippen LogP contribution in [0.1, 0.15) is 12.8 Å². The standard InChI is InChI=1S/C10H15N3O/c1-14-12-10(6-11)9-7-13-4-2-8(9)3-5-13/h8,12H,2-5,7H2,1H3. The maximum Gasteiger partial charge on any atom is 0.138 e. The van der Waals surface area contributed by atoms with E-state index in [4.69, 9.17) is 10.1 Å². The molecule has 0 amide bonds. The van der Waals surface area contributed by atoms with Crippen molar-refractivity contribution < 1.29 is 4.84 Å². The fourth-order valence-electron chi connectivity index (χ4n) is 2.35. The van der Waals surface area contributed by atoms with Gasteiger partial charge in [0.05, 0.1) is 7.11 Å². The van der Waals surface area contributed by atoms with Crippen LogP contribution in [-0.2, 0) is 4.84 Å². The molecule has 1 N–H and O–H groups in total. The van der Waals surface area contributed by atoms with Gasteiger partial charge in [-0.25, -0.2) is 0 Å². The molecule has 0 saturated carbocycles. The summed E-state index contributed by atoms with van der Waals surface area (Å²) in [6, 6.07) is 2.17.